The van der Waals surface area contributed by atoms with Crippen LogP contribution in [0.3, 0.4) is 0 Å². The maximum Gasteiger partial charge on any atom is 0.260 e. The molecule has 1 aliphatic heterocycles. The molecule has 5 rings (SSSR count). The van der Waals surface area contributed by atoms with Gasteiger partial charge in [-0.1, -0.05) is 24.3 Å². The number of carbonyl (C=O) groups is 2. The molecule has 0 spiro atoms. The molecule has 0 bridgehead atoms. The van der Waals surface area contributed by atoms with Crippen molar-refractivity contribution in [1.82, 2.24) is 14.9 Å². The second kappa shape index (κ2) is 11.8. The van der Waals surface area contributed by atoms with Crippen molar-refractivity contribution in [3.05, 3.63) is 82.5 Å². The van der Waals surface area contributed by atoms with Gasteiger partial charge >= 0.3 is 0 Å². The second-order valence-corrected chi connectivity index (χ2v) is 8.93. The Bertz CT molecular complexity index is 1550. The van der Waals surface area contributed by atoms with Crippen molar-refractivity contribution < 1.29 is 23.8 Å². The molecule has 0 aliphatic carbocycles. The molecule has 1 aliphatic rings. The van der Waals surface area contributed by atoms with Crippen LogP contribution in [0.5, 0.6) is 11.5 Å². The summed E-state index contributed by atoms with van der Waals surface area (Å²) >= 11 is 0. The lowest BCUT2D eigenvalue weighted by Gasteiger charge is -2.26. The van der Waals surface area contributed by atoms with Gasteiger partial charge in [-0.2, -0.15) is 5.10 Å². The first kappa shape index (κ1) is 25.9. The van der Waals surface area contributed by atoms with Crippen LogP contribution in [0, 0.1) is 0 Å². The maximum absolute atomic E-state index is 12.9. The van der Waals surface area contributed by atoms with E-state index in [2.05, 4.69) is 10.5 Å². The van der Waals surface area contributed by atoms with Crippen LogP contribution in [-0.2, 0) is 20.9 Å². The summed E-state index contributed by atoms with van der Waals surface area (Å²) in [6.07, 6.45) is 1.49. The van der Waals surface area contributed by atoms with Crippen LogP contribution in [0.25, 0.3) is 21.8 Å². The molecule has 4 aromatic rings. The molecule has 1 aromatic heterocycles. The van der Waals surface area contributed by atoms with E-state index >= 15 is 0 Å². The van der Waals surface area contributed by atoms with Gasteiger partial charge in [0.1, 0.15) is 6.54 Å². The number of methoxy groups -OCH3 is 1. The van der Waals surface area contributed by atoms with Gasteiger partial charge in [0.25, 0.3) is 11.8 Å². The van der Waals surface area contributed by atoms with E-state index in [1.165, 1.54) is 13.3 Å². The van der Waals surface area contributed by atoms with E-state index in [4.69, 9.17) is 14.2 Å². The van der Waals surface area contributed by atoms with Crippen LogP contribution in [0.15, 0.2) is 76.6 Å². The zero-order valence-electron chi connectivity index (χ0n) is 21.5. The van der Waals surface area contributed by atoms with Crippen LogP contribution in [0.1, 0.15) is 5.56 Å². The topological polar surface area (TPSA) is 111 Å². The molecular formula is C29H28N4O6. The van der Waals surface area contributed by atoms with Crippen LogP contribution in [0.4, 0.5) is 0 Å². The third-order valence-electron chi connectivity index (χ3n) is 6.49. The van der Waals surface area contributed by atoms with E-state index < -0.39 is 0 Å². The standard InChI is InChI=1S/C29H28N4O6/c1-37-26-16-20(10-11-25(26)39-19-28(35)32-12-14-38-15-13-32)17-30-31-27(34)18-33-23-8-4-2-6-21(23)29(36)22-7-3-5-9-24(22)33/h2-11,16-17H,12-15,18-19H2,1H3,(H,31,34)/b30-17+. The van der Waals surface area contributed by atoms with Crippen LogP contribution in [-0.4, -0.2) is 67.5 Å². The summed E-state index contributed by atoms with van der Waals surface area (Å²) in [6.45, 7) is 2.03. The van der Waals surface area contributed by atoms with Gasteiger partial charge in [-0.05, 0) is 48.0 Å². The number of ether oxygens (including phenoxy) is 3. The highest BCUT2D eigenvalue weighted by Gasteiger charge is 2.18. The molecule has 1 saturated heterocycles. The van der Waals surface area contributed by atoms with E-state index in [9.17, 15) is 14.4 Å². The van der Waals surface area contributed by atoms with Crippen molar-refractivity contribution >= 4 is 39.8 Å². The molecule has 0 atom stereocenters. The normalized spacial score (nSPS) is 13.6. The molecule has 0 radical (unpaired) electrons. The van der Waals surface area contributed by atoms with Crippen molar-refractivity contribution in [2.45, 2.75) is 6.54 Å². The van der Waals surface area contributed by atoms with Crippen LogP contribution in [0.2, 0.25) is 0 Å². The SMILES string of the molecule is COc1cc(/C=N/NC(=O)Cn2c3ccccc3c(=O)c3ccccc32)ccc1OCC(=O)N1CCOCC1. The van der Waals surface area contributed by atoms with E-state index in [0.717, 1.165) is 0 Å². The Balaban J connectivity index is 1.25. The summed E-state index contributed by atoms with van der Waals surface area (Å²) in [7, 11) is 1.51. The van der Waals surface area contributed by atoms with Crippen molar-refractivity contribution in [2.75, 3.05) is 40.0 Å². The summed E-state index contributed by atoms with van der Waals surface area (Å²) < 4.78 is 18.2. The summed E-state index contributed by atoms with van der Waals surface area (Å²) in [5, 5.41) is 5.19. The highest BCUT2D eigenvalue weighted by molar-refractivity contribution is 5.95. The molecule has 2 heterocycles. The molecule has 3 aromatic carbocycles. The lowest BCUT2D eigenvalue weighted by molar-refractivity contribution is -0.137. The fourth-order valence-corrected chi connectivity index (χ4v) is 4.53. The number of benzene rings is 3. The first-order chi connectivity index (χ1) is 19.0. The molecule has 1 fully saturated rings. The van der Waals surface area contributed by atoms with E-state index in [-0.39, 0.29) is 30.4 Å². The molecule has 200 valence electrons. The first-order valence-electron chi connectivity index (χ1n) is 12.5. The van der Waals surface area contributed by atoms with Gasteiger partial charge in [0.05, 0.1) is 37.6 Å². The van der Waals surface area contributed by atoms with E-state index in [0.29, 0.717) is 65.2 Å². The Morgan fingerprint density at radius 1 is 0.974 bits per heavy atom. The number of nitrogens with zero attached hydrogens (tertiary/aromatic N) is 3. The average Bonchev–Trinajstić information content (AvgIpc) is 2.98. The van der Waals surface area contributed by atoms with E-state index in [1.54, 1.807) is 47.4 Å². The van der Waals surface area contributed by atoms with Crippen molar-refractivity contribution in [1.29, 1.82) is 0 Å². The molecule has 2 amide bonds. The maximum atomic E-state index is 12.9. The van der Waals surface area contributed by atoms with Crippen molar-refractivity contribution in [3.63, 3.8) is 0 Å². The minimum absolute atomic E-state index is 0.0219. The number of amides is 2. The third-order valence-corrected chi connectivity index (χ3v) is 6.49. The lowest BCUT2D eigenvalue weighted by atomic mass is 10.1. The van der Waals surface area contributed by atoms with Gasteiger partial charge in [-0.25, -0.2) is 5.43 Å². The number of rotatable bonds is 8. The van der Waals surface area contributed by atoms with Gasteiger partial charge < -0.3 is 23.7 Å². The van der Waals surface area contributed by atoms with Gasteiger partial charge in [0.2, 0.25) is 0 Å². The fourth-order valence-electron chi connectivity index (χ4n) is 4.53. The number of pyridine rings is 1. The monoisotopic (exact) mass is 528 g/mol. The van der Waals surface area contributed by atoms with Gasteiger partial charge in [-0.3, -0.25) is 14.4 Å². The Hall–Kier alpha value is -4.70. The largest absolute Gasteiger partial charge is 0.493 e. The minimum Gasteiger partial charge on any atom is -0.493 e. The molecule has 39 heavy (non-hydrogen) atoms. The molecule has 10 nitrogen and oxygen atoms in total. The summed E-state index contributed by atoms with van der Waals surface area (Å²) in [4.78, 5) is 39.8. The van der Waals surface area contributed by atoms with Gasteiger partial charge in [-0.15, -0.1) is 0 Å². The fraction of sp³-hybridized carbons (Fsp3) is 0.241. The summed E-state index contributed by atoms with van der Waals surface area (Å²) in [5.74, 6) is 0.402. The number of hydrogen-bond donors (Lipinski definition) is 1. The molecule has 0 unspecified atom stereocenters. The molecule has 1 N–H and O–H groups in total. The number of fused-ring (bicyclic) bond motifs is 2. The number of hydrazone groups is 1. The second-order valence-electron chi connectivity index (χ2n) is 8.93. The number of carbonyl (C=O) groups excluding carboxylic acids is 2. The van der Waals surface area contributed by atoms with E-state index in [1.807, 2.05) is 28.8 Å². The smallest absolute Gasteiger partial charge is 0.260 e. The number of aromatic nitrogens is 1. The Labute approximate surface area is 224 Å². The Kier molecular flexibility index (Phi) is 7.83. The van der Waals surface area contributed by atoms with Gasteiger partial charge in [0, 0.05) is 23.9 Å². The number of nitrogens with one attached hydrogen (secondary N) is 1. The van der Waals surface area contributed by atoms with Crippen molar-refractivity contribution in [2.24, 2.45) is 5.10 Å². The quantitative estimate of drug-likeness (QED) is 0.214. The first-order valence-corrected chi connectivity index (χ1v) is 12.5. The van der Waals surface area contributed by atoms with Gasteiger partial charge in [0.15, 0.2) is 23.5 Å². The average molecular weight is 529 g/mol. The van der Waals surface area contributed by atoms with Crippen LogP contribution < -0.4 is 20.3 Å². The molecule has 0 saturated carbocycles. The molecule has 10 heteroatoms. The third kappa shape index (κ3) is 5.75. The number of hydrogen-bond acceptors (Lipinski definition) is 7. The number of para-hydroxylation sites is 2. The zero-order chi connectivity index (χ0) is 27.2. The number of morpholine rings is 1. The minimum atomic E-state index is -0.348. The highest BCUT2D eigenvalue weighted by atomic mass is 16.5. The highest BCUT2D eigenvalue weighted by Crippen LogP contribution is 2.27. The predicted octanol–water partition coefficient (Wildman–Crippen LogP) is 2.55. The Morgan fingerprint density at radius 2 is 1.64 bits per heavy atom. The summed E-state index contributed by atoms with van der Waals surface area (Å²) in [6, 6.07) is 19.6. The Morgan fingerprint density at radius 3 is 2.31 bits per heavy atom. The predicted molar refractivity (Wildman–Crippen MR) is 147 cm³/mol. The van der Waals surface area contributed by atoms with Crippen molar-refractivity contribution in [3.8, 4) is 11.5 Å². The summed E-state index contributed by atoms with van der Waals surface area (Å²) in [5.41, 5.74) is 4.50. The van der Waals surface area contributed by atoms with Crippen LogP contribution >= 0.6 is 0 Å². The zero-order valence-corrected chi connectivity index (χ0v) is 21.5. The molecular weight excluding hydrogens is 500 g/mol. The lowest BCUT2D eigenvalue weighted by Crippen LogP contribution is -2.43.